The van der Waals surface area contributed by atoms with E-state index in [2.05, 4.69) is 10.4 Å². The number of benzene rings is 1. The molecule has 8 heteroatoms. The van der Waals surface area contributed by atoms with Gasteiger partial charge in [-0.2, -0.15) is 5.10 Å². The number of carbonyl (C=O) groups excluding carboxylic acids is 1. The Morgan fingerprint density at radius 3 is 3.11 bits per heavy atom. The first-order valence-corrected chi connectivity index (χ1v) is 8.58. The second-order valence-corrected chi connectivity index (χ2v) is 6.45. The number of nitrogens with one attached hydrogen (secondary N) is 1. The van der Waals surface area contributed by atoms with Crippen molar-refractivity contribution in [2.45, 2.75) is 18.9 Å². The summed E-state index contributed by atoms with van der Waals surface area (Å²) in [5.74, 6) is 3.05. The Bertz CT molecular complexity index is 1010. The van der Waals surface area contributed by atoms with E-state index in [0.717, 1.165) is 16.9 Å². The van der Waals surface area contributed by atoms with Gasteiger partial charge in [-0.15, -0.1) is 0 Å². The van der Waals surface area contributed by atoms with E-state index < -0.39 is 0 Å². The first kappa shape index (κ1) is 15.8. The molecule has 8 nitrogen and oxygen atoms in total. The maximum Gasteiger partial charge on any atom is 0.231 e. The van der Waals surface area contributed by atoms with Gasteiger partial charge >= 0.3 is 0 Å². The van der Waals surface area contributed by atoms with Crippen LogP contribution in [0.3, 0.4) is 0 Å². The van der Waals surface area contributed by atoms with Gasteiger partial charge in [-0.25, -0.2) is 4.68 Å². The minimum absolute atomic E-state index is 0.0645. The van der Waals surface area contributed by atoms with E-state index in [9.17, 15) is 4.79 Å². The van der Waals surface area contributed by atoms with Crippen molar-refractivity contribution >= 4 is 11.7 Å². The van der Waals surface area contributed by atoms with Gasteiger partial charge in [0.25, 0.3) is 0 Å². The molecule has 0 bridgehead atoms. The summed E-state index contributed by atoms with van der Waals surface area (Å²) < 4.78 is 23.6. The Hall–Kier alpha value is -3.42. The Morgan fingerprint density at radius 1 is 1.37 bits per heavy atom. The Balaban J connectivity index is 1.56. The molecule has 3 aromatic rings. The van der Waals surface area contributed by atoms with Gasteiger partial charge in [0.2, 0.25) is 18.4 Å². The van der Waals surface area contributed by atoms with Crippen LogP contribution >= 0.6 is 0 Å². The minimum Gasteiger partial charge on any atom is -0.493 e. The number of hydrogen-bond donors (Lipinski definition) is 1. The van der Waals surface area contributed by atoms with Gasteiger partial charge in [0.05, 0.1) is 19.6 Å². The first-order valence-electron chi connectivity index (χ1n) is 8.58. The van der Waals surface area contributed by atoms with Crippen LogP contribution in [0.2, 0.25) is 0 Å². The lowest BCUT2D eigenvalue weighted by Gasteiger charge is -2.24. The molecule has 0 spiro atoms. The highest BCUT2D eigenvalue weighted by Gasteiger charge is 2.32. The van der Waals surface area contributed by atoms with Gasteiger partial charge in [-0.1, -0.05) is 0 Å². The summed E-state index contributed by atoms with van der Waals surface area (Å²) in [4.78, 5) is 12.4. The molecule has 0 aliphatic carbocycles. The van der Waals surface area contributed by atoms with Gasteiger partial charge in [0.1, 0.15) is 18.1 Å². The highest BCUT2D eigenvalue weighted by atomic mass is 16.7. The molecule has 4 heterocycles. The zero-order chi connectivity index (χ0) is 18.4. The molecule has 27 heavy (non-hydrogen) atoms. The quantitative estimate of drug-likeness (QED) is 0.763. The number of hydrogen-bond acceptors (Lipinski definition) is 6. The number of rotatable bonds is 4. The Kier molecular flexibility index (Phi) is 3.56. The Labute approximate surface area is 154 Å². The average molecular weight is 367 g/mol. The lowest BCUT2D eigenvalue weighted by atomic mass is 9.87. The van der Waals surface area contributed by atoms with Gasteiger partial charge in [-0.05, 0) is 29.8 Å². The Morgan fingerprint density at radius 2 is 2.30 bits per heavy atom. The number of furan rings is 1. The summed E-state index contributed by atoms with van der Waals surface area (Å²) in [5.41, 5.74) is 1.87. The van der Waals surface area contributed by atoms with E-state index in [-0.39, 0.29) is 18.6 Å². The van der Waals surface area contributed by atoms with E-state index in [0.29, 0.717) is 36.0 Å². The molecule has 0 radical (unpaired) electrons. The van der Waals surface area contributed by atoms with Crippen molar-refractivity contribution in [3.8, 4) is 17.2 Å². The fourth-order valence-corrected chi connectivity index (χ4v) is 3.59. The number of ether oxygens (including phenoxy) is 3. The van der Waals surface area contributed by atoms with E-state index in [1.54, 1.807) is 24.3 Å². The van der Waals surface area contributed by atoms with Crippen molar-refractivity contribution in [3.63, 3.8) is 0 Å². The summed E-state index contributed by atoms with van der Waals surface area (Å²) >= 11 is 0. The van der Waals surface area contributed by atoms with E-state index in [1.807, 2.05) is 24.3 Å². The third-order valence-electron chi connectivity index (χ3n) is 4.86. The standard InChI is InChI=1S/C19H17N3O5/c1-24-15-5-11(6-16-18(15)27-10-26-16)13-7-17(23)21-19-14(13)8-20-22(19)9-12-3-2-4-25-12/h2-6,8,13H,7,9-10H2,1H3,(H,21,23)/t13-/m0/s1. The third-order valence-corrected chi connectivity index (χ3v) is 4.86. The number of fused-ring (bicyclic) bond motifs is 2. The largest absolute Gasteiger partial charge is 0.493 e. The van der Waals surface area contributed by atoms with Crippen molar-refractivity contribution in [1.29, 1.82) is 0 Å². The highest BCUT2D eigenvalue weighted by Crippen LogP contribution is 2.46. The molecule has 0 fully saturated rings. The maximum atomic E-state index is 12.4. The number of methoxy groups -OCH3 is 1. The fourth-order valence-electron chi connectivity index (χ4n) is 3.59. The summed E-state index contributed by atoms with van der Waals surface area (Å²) in [6, 6.07) is 7.50. The van der Waals surface area contributed by atoms with Crippen molar-refractivity contribution in [1.82, 2.24) is 9.78 Å². The van der Waals surface area contributed by atoms with Crippen LogP contribution < -0.4 is 19.5 Å². The topological polar surface area (TPSA) is 87.8 Å². The van der Waals surface area contributed by atoms with Crippen LogP contribution in [0, 0.1) is 0 Å². The van der Waals surface area contributed by atoms with Crippen LogP contribution in [0.1, 0.15) is 29.2 Å². The molecule has 138 valence electrons. The minimum atomic E-state index is -0.150. The number of aromatic nitrogens is 2. The molecule has 1 amide bonds. The zero-order valence-electron chi connectivity index (χ0n) is 14.6. The second-order valence-electron chi connectivity index (χ2n) is 6.45. The molecule has 0 saturated heterocycles. The lowest BCUT2D eigenvalue weighted by molar-refractivity contribution is -0.116. The van der Waals surface area contributed by atoms with Crippen LogP contribution in [0.4, 0.5) is 5.82 Å². The van der Waals surface area contributed by atoms with Crippen LogP contribution in [-0.2, 0) is 11.3 Å². The molecule has 1 N–H and O–H groups in total. The van der Waals surface area contributed by atoms with Crippen LogP contribution in [-0.4, -0.2) is 29.6 Å². The van der Waals surface area contributed by atoms with Gasteiger partial charge in [-0.3, -0.25) is 4.79 Å². The monoisotopic (exact) mass is 367 g/mol. The van der Waals surface area contributed by atoms with Crippen molar-refractivity contribution in [3.05, 3.63) is 53.6 Å². The summed E-state index contributed by atoms with van der Waals surface area (Å²) in [7, 11) is 1.58. The molecular formula is C19H17N3O5. The summed E-state index contributed by atoms with van der Waals surface area (Å²) in [5, 5.41) is 7.39. The van der Waals surface area contributed by atoms with Crippen molar-refractivity contribution in [2.24, 2.45) is 0 Å². The van der Waals surface area contributed by atoms with E-state index in [1.165, 1.54) is 0 Å². The molecular weight excluding hydrogens is 350 g/mol. The van der Waals surface area contributed by atoms with Gasteiger partial charge in [0.15, 0.2) is 11.5 Å². The normalized spacial score (nSPS) is 17.5. The van der Waals surface area contributed by atoms with Crippen molar-refractivity contribution < 1.29 is 23.4 Å². The SMILES string of the molecule is COc1cc([C@@H]2CC(=O)Nc3c2cnn3Cc2ccco2)cc2c1OCO2. The molecule has 0 unspecified atom stereocenters. The van der Waals surface area contributed by atoms with Crippen molar-refractivity contribution in [2.75, 3.05) is 19.2 Å². The van der Waals surface area contributed by atoms with Crippen LogP contribution in [0.15, 0.2) is 41.1 Å². The second kappa shape index (κ2) is 6.08. The highest BCUT2D eigenvalue weighted by molar-refractivity contribution is 5.94. The molecule has 1 aromatic carbocycles. The van der Waals surface area contributed by atoms with E-state index in [4.69, 9.17) is 18.6 Å². The smallest absolute Gasteiger partial charge is 0.231 e. The summed E-state index contributed by atoms with van der Waals surface area (Å²) in [6.45, 7) is 0.604. The maximum absolute atomic E-state index is 12.4. The molecule has 5 rings (SSSR count). The van der Waals surface area contributed by atoms with Gasteiger partial charge < -0.3 is 23.9 Å². The number of nitrogens with zero attached hydrogens (tertiary/aromatic N) is 2. The third kappa shape index (κ3) is 2.61. The molecule has 1 atom stereocenters. The molecule has 2 aromatic heterocycles. The average Bonchev–Trinajstić information content (AvgIpc) is 3.42. The predicted octanol–water partition coefficient (Wildman–Crippen LogP) is 2.74. The van der Waals surface area contributed by atoms with Gasteiger partial charge in [0, 0.05) is 17.9 Å². The molecule has 2 aliphatic rings. The van der Waals surface area contributed by atoms with Crippen LogP contribution in [0.5, 0.6) is 17.2 Å². The number of carbonyl (C=O) groups is 1. The fraction of sp³-hybridized carbons (Fsp3) is 0.263. The number of anilines is 1. The number of amides is 1. The summed E-state index contributed by atoms with van der Waals surface area (Å²) in [6.07, 6.45) is 3.73. The molecule has 2 aliphatic heterocycles. The predicted molar refractivity (Wildman–Crippen MR) is 94.2 cm³/mol. The first-order chi connectivity index (χ1) is 13.2. The van der Waals surface area contributed by atoms with E-state index >= 15 is 0 Å². The van der Waals surface area contributed by atoms with Crippen LogP contribution in [0.25, 0.3) is 0 Å². The molecule has 0 saturated carbocycles. The lowest BCUT2D eigenvalue weighted by Crippen LogP contribution is -2.25. The zero-order valence-corrected chi connectivity index (χ0v) is 14.6.